The van der Waals surface area contributed by atoms with E-state index in [1.807, 2.05) is 0 Å². The monoisotopic (exact) mass is 233 g/mol. The van der Waals surface area contributed by atoms with Gasteiger partial charge in [0, 0.05) is 6.92 Å². The van der Waals surface area contributed by atoms with Gasteiger partial charge in [0.15, 0.2) is 0 Å². The van der Waals surface area contributed by atoms with Crippen LogP contribution >= 0.6 is 0 Å². The maximum atomic E-state index is 11.1. The van der Waals surface area contributed by atoms with Crippen LogP contribution in [0, 0.1) is 11.1 Å². The molecule has 0 saturated carbocycles. The van der Waals surface area contributed by atoms with Crippen LogP contribution < -0.4 is 0 Å². The van der Waals surface area contributed by atoms with Crippen LogP contribution in [0.25, 0.3) is 0 Å². The number of hydrogen-bond acceptors (Lipinski definition) is 6. The SMILES string of the molecule is CC(=O)OCON=[N+]([O-])N1CC(C(=O)O)C1. The minimum absolute atomic E-state index is 0.0826. The van der Waals surface area contributed by atoms with Crippen LogP contribution in [0.1, 0.15) is 6.92 Å². The maximum absolute atomic E-state index is 11.1. The van der Waals surface area contributed by atoms with E-state index in [0.29, 0.717) is 0 Å². The summed E-state index contributed by atoms with van der Waals surface area (Å²) in [5.41, 5.74) is 0. The quantitative estimate of drug-likeness (QED) is 0.167. The summed E-state index contributed by atoms with van der Waals surface area (Å²) in [6.07, 6.45) is 0. The lowest BCUT2D eigenvalue weighted by molar-refractivity contribution is -0.726. The normalized spacial score (nSPS) is 16.6. The van der Waals surface area contributed by atoms with Crippen molar-refractivity contribution in [3.8, 4) is 0 Å². The second-order valence-corrected chi connectivity index (χ2v) is 3.12. The summed E-state index contributed by atoms with van der Waals surface area (Å²) >= 11 is 0. The standard InChI is InChI=1S/C7H11N3O6/c1-5(11)15-4-16-8-10(14)9-2-6(3-9)7(12)13/h6H,2-4H2,1H3,(H,12,13). The van der Waals surface area contributed by atoms with Gasteiger partial charge in [-0.3, -0.25) is 9.59 Å². The smallest absolute Gasteiger partial charge is 0.310 e. The molecule has 1 aliphatic heterocycles. The lowest BCUT2D eigenvalue weighted by Crippen LogP contribution is -2.53. The number of hydrogen-bond donors (Lipinski definition) is 1. The molecular formula is C7H11N3O6. The first-order chi connectivity index (χ1) is 7.50. The van der Waals surface area contributed by atoms with Gasteiger partial charge in [-0.25, -0.2) is 0 Å². The molecule has 0 spiro atoms. The van der Waals surface area contributed by atoms with Crippen molar-refractivity contribution in [2.24, 2.45) is 11.2 Å². The zero-order valence-corrected chi connectivity index (χ0v) is 8.53. The number of rotatable bonds is 5. The number of nitrogens with zero attached hydrogens (tertiary/aromatic N) is 3. The average Bonchev–Trinajstić information content (AvgIpc) is 2.08. The van der Waals surface area contributed by atoms with Gasteiger partial charge in [-0.05, 0) is 0 Å². The van der Waals surface area contributed by atoms with Crippen LogP contribution in [0.3, 0.4) is 0 Å². The van der Waals surface area contributed by atoms with E-state index in [1.165, 1.54) is 6.92 Å². The fraction of sp³-hybridized carbons (Fsp3) is 0.714. The zero-order valence-electron chi connectivity index (χ0n) is 8.53. The van der Waals surface area contributed by atoms with Crippen molar-refractivity contribution >= 4 is 11.9 Å². The van der Waals surface area contributed by atoms with Crippen LogP contribution in [-0.4, -0.2) is 46.9 Å². The second-order valence-electron chi connectivity index (χ2n) is 3.12. The molecule has 1 fully saturated rings. The highest BCUT2D eigenvalue weighted by Gasteiger charge is 2.38. The summed E-state index contributed by atoms with van der Waals surface area (Å²) in [6.45, 7) is 0.897. The van der Waals surface area contributed by atoms with Crippen molar-refractivity contribution in [3.05, 3.63) is 5.21 Å². The Labute approximate surface area is 90.4 Å². The van der Waals surface area contributed by atoms with Crippen LogP contribution in [0.15, 0.2) is 5.28 Å². The summed E-state index contributed by atoms with van der Waals surface area (Å²) in [5, 5.41) is 23.8. The van der Waals surface area contributed by atoms with Crippen molar-refractivity contribution < 1.29 is 29.2 Å². The summed E-state index contributed by atoms with van der Waals surface area (Å²) < 4.78 is 4.35. The zero-order chi connectivity index (χ0) is 12.1. The number of carboxylic acid groups (broad SMARTS) is 1. The van der Waals surface area contributed by atoms with Gasteiger partial charge in [0.1, 0.15) is 5.92 Å². The maximum Gasteiger partial charge on any atom is 0.310 e. The Morgan fingerprint density at radius 2 is 2.25 bits per heavy atom. The van der Waals surface area contributed by atoms with Crippen LogP contribution in [0.2, 0.25) is 0 Å². The molecule has 0 radical (unpaired) electrons. The van der Waals surface area contributed by atoms with E-state index in [4.69, 9.17) is 5.11 Å². The first kappa shape index (κ1) is 12.0. The molecule has 16 heavy (non-hydrogen) atoms. The third-order valence-electron chi connectivity index (χ3n) is 1.90. The predicted octanol–water partition coefficient (Wildman–Crippen LogP) is -0.667. The number of carbonyl (C=O) groups is 2. The number of aliphatic carboxylic acids is 1. The largest absolute Gasteiger partial charge is 0.569 e. The highest BCUT2D eigenvalue weighted by molar-refractivity contribution is 5.71. The lowest BCUT2D eigenvalue weighted by Gasteiger charge is -2.30. The first-order valence-electron chi connectivity index (χ1n) is 4.42. The summed E-state index contributed by atoms with van der Waals surface area (Å²) in [7, 11) is 0. The van der Waals surface area contributed by atoms with Gasteiger partial charge in [0.2, 0.25) is 5.28 Å². The average molecular weight is 233 g/mol. The Morgan fingerprint density at radius 1 is 1.62 bits per heavy atom. The Bertz CT molecular complexity index is 311. The van der Waals surface area contributed by atoms with Gasteiger partial charge in [-0.2, -0.15) is 0 Å². The minimum Gasteiger partial charge on any atom is -0.569 e. The van der Waals surface area contributed by atoms with Gasteiger partial charge >= 0.3 is 11.9 Å². The molecule has 0 unspecified atom stereocenters. The molecule has 1 aliphatic rings. The van der Waals surface area contributed by atoms with Crippen LogP contribution in [-0.2, 0) is 19.2 Å². The van der Waals surface area contributed by atoms with Crippen LogP contribution in [0.4, 0.5) is 0 Å². The van der Waals surface area contributed by atoms with Crippen LogP contribution in [0.5, 0.6) is 0 Å². The molecule has 1 N–H and O–H groups in total. The second kappa shape index (κ2) is 5.14. The topological polar surface area (TPSA) is 114 Å². The van der Waals surface area contributed by atoms with E-state index in [0.717, 1.165) is 5.01 Å². The van der Waals surface area contributed by atoms with Gasteiger partial charge < -0.3 is 19.9 Å². The lowest BCUT2D eigenvalue weighted by atomic mass is 10.0. The molecule has 0 aromatic heterocycles. The molecule has 0 aromatic rings. The Morgan fingerprint density at radius 3 is 2.75 bits per heavy atom. The molecule has 0 bridgehead atoms. The molecule has 9 nitrogen and oxygen atoms in total. The van der Waals surface area contributed by atoms with Gasteiger partial charge in [0.25, 0.3) is 6.79 Å². The molecule has 90 valence electrons. The van der Waals surface area contributed by atoms with E-state index in [2.05, 4.69) is 14.9 Å². The molecule has 0 amide bonds. The van der Waals surface area contributed by atoms with Crippen molar-refractivity contribution in [2.45, 2.75) is 6.92 Å². The molecule has 1 heterocycles. The molecule has 1 saturated heterocycles. The molecule has 9 heteroatoms. The van der Waals surface area contributed by atoms with E-state index < -0.39 is 24.6 Å². The number of carbonyl (C=O) groups excluding carboxylic acids is 1. The van der Waals surface area contributed by atoms with Gasteiger partial charge in [0.05, 0.1) is 18.1 Å². The van der Waals surface area contributed by atoms with Crippen molar-refractivity contribution in [1.29, 1.82) is 0 Å². The molecule has 0 aromatic carbocycles. The van der Waals surface area contributed by atoms with Crippen molar-refractivity contribution in [2.75, 3.05) is 19.9 Å². The Kier molecular flexibility index (Phi) is 3.86. The van der Waals surface area contributed by atoms with Crippen molar-refractivity contribution in [1.82, 2.24) is 5.01 Å². The highest BCUT2D eigenvalue weighted by atomic mass is 16.8. The third kappa shape index (κ3) is 3.26. The fourth-order valence-corrected chi connectivity index (χ4v) is 0.985. The fourth-order valence-electron chi connectivity index (χ4n) is 0.985. The molecule has 0 atom stereocenters. The summed E-state index contributed by atoms with van der Waals surface area (Å²) in [5.74, 6) is -2.06. The highest BCUT2D eigenvalue weighted by Crippen LogP contribution is 2.15. The molecule has 1 rings (SSSR count). The van der Waals surface area contributed by atoms with E-state index in [1.54, 1.807) is 0 Å². The van der Waals surface area contributed by atoms with Crippen molar-refractivity contribution in [3.63, 3.8) is 0 Å². The van der Waals surface area contributed by atoms with Gasteiger partial charge in [-0.15, -0.1) is 5.01 Å². The Hall–Kier alpha value is -2.06. The third-order valence-corrected chi connectivity index (χ3v) is 1.90. The number of esters is 1. The number of hydrazine groups is 1. The summed E-state index contributed by atoms with van der Waals surface area (Å²) in [4.78, 5) is 25.2. The van der Waals surface area contributed by atoms with E-state index in [9.17, 15) is 14.8 Å². The Balaban J connectivity index is 2.20. The predicted molar refractivity (Wildman–Crippen MR) is 46.5 cm³/mol. The minimum atomic E-state index is -0.953. The van der Waals surface area contributed by atoms with Gasteiger partial charge in [-0.1, -0.05) is 0 Å². The number of ether oxygens (including phenoxy) is 1. The molecular weight excluding hydrogens is 222 g/mol. The molecule has 0 aliphatic carbocycles. The van der Waals surface area contributed by atoms with E-state index in [-0.39, 0.29) is 18.1 Å². The summed E-state index contributed by atoms with van der Waals surface area (Å²) in [6, 6.07) is 0. The van der Waals surface area contributed by atoms with E-state index >= 15 is 0 Å². The first-order valence-corrected chi connectivity index (χ1v) is 4.42. The number of carboxylic acids is 1.